The molecule has 1 atom stereocenters. The molecule has 0 spiro atoms. The van der Waals surface area contributed by atoms with E-state index in [1.807, 2.05) is 58.9 Å². The van der Waals surface area contributed by atoms with E-state index >= 15 is 0 Å². The second-order valence-electron chi connectivity index (χ2n) is 8.00. The third-order valence-electron chi connectivity index (χ3n) is 4.47. The Balaban J connectivity index is 1.89. The highest BCUT2D eigenvalue weighted by Gasteiger charge is 2.09. The Labute approximate surface area is 186 Å². The summed E-state index contributed by atoms with van der Waals surface area (Å²) in [7, 11) is 0. The number of guanidine groups is 1. The van der Waals surface area contributed by atoms with Crippen molar-refractivity contribution in [2.45, 2.75) is 66.1 Å². The SMILES string of the molecule is CCNC(=NCc1ccc(COC(C)C)cc1)NCC(O)c1ccc(OC(C)C)cc1. The van der Waals surface area contributed by atoms with Crippen LogP contribution in [0, 0.1) is 0 Å². The van der Waals surface area contributed by atoms with Crippen molar-refractivity contribution < 1.29 is 14.6 Å². The van der Waals surface area contributed by atoms with Gasteiger partial charge in [-0.25, -0.2) is 4.99 Å². The van der Waals surface area contributed by atoms with Gasteiger partial charge in [-0.1, -0.05) is 36.4 Å². The third-order valence-corrected chi connectivity index (χ3v) is 4.47. The lowest BCUT2D eigenvalue weighted by molar-refractivity contribution is 0.0657. The maximum absolute atomic E-state index is 10.5. The van der Waals surface area contributed by atoms with Gasteiger partial charge in [0.1, 0.15) is 5.75 Å². The van der Waals surface area contributed by atoms with Crippen molar-refractivity contribution in [3.63, 3.8) is 0 Å². The number of nitrogens with zero attached hydrogens (tertiary/aromatic N) is 1. The highest BCUT2D eigenvalue weighted by atomic mass is 16.5. The van der Waals surface area contributed by atoms with Crippen LogP contribution in [0.25, 0.3) is 0 Å². The van der Waals surface area contributed by atoms with Gasteiger partial charge in [0, 0.05) is 13.1 Å². The predicted molar refractivity (Wildman–Crippen MR) is 126 cm³/mol. The number of aliphatic hydroxyl groups excluding tert-OH is 1. The van der Waals surface area contributed by atoms with Crippen LogP contribution in [0.15, 0.2) is 53.5 Å². The molecule has 0 amide bonds. The molecule has 3 N–H and O–H groups in total. The van der Waals surface area contributed by atoms with Gasteiger partial charge in [-0.3, -0.25) is 0 Å². The van der Waals surface area contributed by atoms with Crippen LogP contribution in [0.5, 0.6) is 5.75 Å². The van der Waals surface area contributed by atoms with Crippen molar-refractivity contribution in [1.82, 2.24) is 10.6 Å². The van der Waals surface area contributed by atoms with Crippen LogP contribution in [0.3, 0.4) is 0 Å². The molecule has 0 aliphatic carbocycles. The van der Waals surface area contributed by atoms with Gasteiger partial charge >= 0.3 is 0 Å². The van der Waals surface area contributed by atoms with E-state index in [4.69, 9.17) is 9.47 Å². The number of aliphatic hydroxyl groups is 1. The maximum atomic E-state index is 10.5. The van der Waals surface area contributed by atoms with Crippen LogP contribution in [0.2, 0.25) is 0 Å². The van der Waals surface area contributed by atoms with E-state index in [-0.39, 0.29) is 12.2 Å². The standard InChI is InChI=1S/C25H37N3O3/c1-6-26-25(27-15-20-7-9-21(10-8-20)17-30-18(2)3)28-16-24(29)22-11-13-23(14-12-22)31-19(4)5/h7-14,18-19,24,29H,6,15-17H2,1-5H3,(H2,26,27,28). The van der Waals surface area contributed by atoms with E-state index in [1.165, 1.54) is 0 Å². The molecule has 2 rings (SSSR count). The molecular formula is C25H37N3O3. The Morgan fingerprint density at radius 1 is 0.903 bits per heavy atom. The van der Waals surface area contributed by atoms with Crippen molar-refractivity contribution in [3.8, 4) is 5.75 Å². The van der Waals surface area contributed by atoms with E-state index in [9.17, 15) is 5.11 Å². The fraction of sp³-hybridized carbons (Fsp3) is 0.480. The number of nitrogens with one attached hydrogen (secondary N) is 2. The normalized spacial score (nSPS) is 12.8. The van der Waals surface area contributed by atoms with E-state index in [0.717, 1.165) is 29.0 Å². The summed E-state index contributed by atoms with van der Waals surface area (Å²) in [6.07, 6.45) is -0.294. The van der Waals surface area contributed by atoms with Crippen LogP contribution >= 0.6 is 0 Å². The number of hydrogen-bond acceptors (Lipinski definition) is 4. The van der Waals surface area contributed by atoms with Crippen molar-refractivity contribution in [3.05, 3.63) is 65.2 Å². The summed E-state index contributed by atoms with van der Waals surface area (Å²) in [4.78, 5) is 4.63. The summed E-state index contributed by atoms with van der Waals surface area (Å²) in [6.45, 7) is 12.3. The molecule has 0 fully saturated rings. The van der Waals surface area contributed by atoms with Crippen molar-refractivity contribution >= 4 is 5.96 Å². The lowest BCUT2D eigenvalue weighted by atomic mass is 10.1. The van der Waals surface area contributed by atoms with Gasteiger partial charge in [-0.05, 0) is 63.4 Å². The number of benzene rings is 2. The maximum Gasteiger partial charge on any atom is 0.191 e. The number of rotatable bonds is 11. The van der Waals surface area contributed by atoms with E-state index in [1.54, 1.807) is 0 Å². The lowest BCUT2D eigenvalue weighted by Crippen LogP contribution is -2.39. The highest BCUT2D eigenvalue weighted by Crippen LogP contribution is 2.18. The smallest absolute Gasteiger partial charge is 0.191 e. The molecule has 1 unspecified atom stereocenters. The summed E-state index contributed by atoms with van der Waals surface area (Å²) >= 11 is 0. The molecule has 0 saturated carbocycles. The van der Waals surface area contributed by atoms with Crippen LogP contribution in [-0.4, -0.2) is 36.4 Å². The van der Waals surface area contributed by atoms with Crippen molar-refractivity contribution in [1.29, 1.82) is 0 Å². The van der Waals surface area contributed by atoms with Gasteiger partial charge in [0.05, 0.1) is 31.5 Å². The third kappa shape index (κ3) is 9.40. The largest absolute Gasteiger partial charge is 0.491 e. The fourth-order valence-electron chi connectivity index (χ4n) is 2.87. The van der Waals surface area contributed by atoms with E-state index in [2.05, 4.69) is 39.9 Å². The first-order valence-corrected chi connectivity index (χ1v) is 11.0. The fourth-order valence-corrected chi connectivity index (χ4v) is 2.87. The van der Waals surface area contributed by atoms with Gasteiger partial charge < -0.3 is 25.2 Å². The summed E-state index contributed by atoms with van der Waals surface area (Å²) in [6, 6.07) is 15.8. The zero-order valence-corrected chi connectivity index (χ0v) is 19.4. The van der Waals surface area contributed by atoms with Crippen LogP contribution in [-0.2, 0) is 17.9 Å². The van der Waals surface area contributed by atoms with Crippen molar-refractivity contribution in [2.24, 2.45) is 4.99 Å². The average molecular weight is 428 g/mol. The second-order valence-corrected chi connectivity index (χ2v) is 8.00. The molecule has 0 saturated heterocycles. The summed E-state index contributed by atoms with van der Waals surface area (Å²) in [5, 5.41) is 17.0. The highest BCUT2D eigenvalue weighted by molar-refractivity contribution is 5.79. The Bertz CT molecular complexity index is 787. The molecule has 2 aromatic carbocycles. The molecule has 0 heterocycles. The molecule has 0 radical (unpaired) electrons. The number of aliphatic imine (C=N–C) groups is 1. The van der Waals surface area contributed by atoms with E-state index in [0.29, 0.717) is 25.7 Å². The topological polar surface area (TPSA) is 75.1 Å². The molecule has 2 aromatic rings. The first-order valence-electron chi connectivity index (χ1n) is 11.0. The Kier molecular flexibility index (Phi) is 10.3. The van der Waals surface area contributed by atoms with E-state index < -0.39 is 6.10 Å². The molecule has 0 bridgehead atoms. The second kappa shape index (κ2) is 13.0. The minimum absolute atomic E-state index is 0.126. The molecule has 170 valence electrons. The van der Waals surface area contributed by atoms with Gasteiger partial charge in [-0.15, -0.1) is 0 Å². The summed E-state index contributed by atoms with van der Waals surface area (Å²) in [5.74, 6) is 1.48. The van der Waals surface area contributed by atoms with Gasteiger partial charge in [0.25, 0.3) is 0 Å². The Hall–Kier alpha value is -2.57. The molecule has 0 aromatic heterocycles. The summed E-state index contributed by atoms with van der Waals surface area (Å²) in [5.41, 5.74) is 3.10. The van der Waals surface area contributed by atoms with Crippen LogP contribution < -0.4 is 15.4 Å². The molecule has 0 aliphatic heterocycles. The average Bonchev–Trinajstić information content (AvgIpc) is 2.74. The Morgan fingerprint density at radius 3 is 2.13 bits per heavy atom. The molecule has 6 heteroatoms. The van der Waals surface area contributed by atoms with Crippen LogP contribution in [0.1, 0.15) is 57.4 Å². The first-order chi connectivity index (χ1) is 14.9. The first kappa shape index (κ1) is 24.7. The minimum Gasteiger partial charge on any atom is -0.491 e. The molecular weight excluding hydrogens is 390 g/mol. The van der Waals surface area contributed by atoms with Gasteiger partial charge in [0.15, 0.2) is 5.96 Å². The lowest BCUT2D eigenvalue weighted by Gasteiger charge is -2.16. The molecule has 6 nitrogen and oxygen atoms in total. The zero-order valence-electron chi connectivity index (χ0n) is 19.4. The monoisotopic (exact) mass is 427 g/mol. The van der Waals surface area contributed by atoms with Crippen molar-refractivity contribution in [2.75, 3.05) is 13.1 Å². The number of ether oxygens (including phenoxy) is 2. The van der Waals surface area contributed by atoms with Gasteiger partial charge in [-0.2, -0.15) is 0 Å². The molecule has 31 heavy (non-hydrogen) atoms. The predicted octanol–water partition coefficient (Wildman–Crippen LogP) is 4.19. The minimum atomic E-state index is -0.641. The zero-order chi connectivity index (χ0) is 22.6. The summed E-state index contributed by atoms with van der Waals surface area (Å²) < 4.78 is 11.3. The van der Waals surface area contributed by atoms with Crippen LogP contribution in [0.4, 0.5) is 0 Å². The molecule has 0 aliphatic rings. The quantitative estimate of drug-likeness (QED) is 0.370. The number of hydrogen-bond donors (Lipinski definition) is 3. The Morgan fingerprint density at radius 2 is 1.55 bits per heavy atom. The van der Waals surface area contributed by atoms with Gasteiger partial charge in [0.2, 0.25) is 0 Å².